The van der Waals surface area contributed by atoms with Gasteiger partial charge in [-0.1, -0.05) is 24.3 Å². The normalized spacial score (nSPS) is 10.9. The second kappa shape index (κ2) is 14.9. The Hall–Kier alpha value is -2.04. The number of aliphatic imine (C=N–C) groups is 1. The van der Waals surface area contributed by atoms with Crippen LogP contribution in [0, 0.1) is 0 Å². The van der Waals surface area contributed by atoms with Gasteiger partial charge in [0.2, 0.25) is 0 Å². The molecule has 0 amide bonds. The maximum Gasteiger partial charge on any atom is 0.195 e. The average molecular weight is 529 g/mol. The van der Waals surface area contributed by atoms with Crippen LogP contribution in [0.1, 0.15) is 18.1 Å². The SMILES string of the molecule is CCOCCOCc1cccc(CNC(=NC)Nc2ccc(OC)c(OC)c2)c1.I. The summed E-state index contributed by atoms with van der Waals surface area (Å²) in [7, 11) is 4.96. The van der Waals surface area contributed by atoms with Gasteiger partial charge in [0.05, 0.1) is 34.0 Å². The first kappa shape index (κ1) is 26.0. The van der Waals surface area contributed by atoms with E-state index in [9.17, 15) is 0 Å². The second-order valence-electron chi connectivity index (χ2n) is 6.19. The van der Waals surface area contributed by atoms with E-state index in [-0.39, 0.29) is 24.0 Å². The molecule has 0 radical (unpaired) electrons. The fourth-order valence-electron chi connectivity index (χ4n) is 2.70. The molecule has 0 aromatic heterocycles. The zero-order valence-corrected chi connectivity index (χ0v) is 20.4. The molecule has 0 bridgehead atoms. The largest absolute Gasteiger partial charge is 0.493 e. The molecule has 7 nitrogen and oxygen atoms in total. The third-order valence-corrected chi connectivity index (χ3v) is 4.17. The number of anilines is 1. The fraction of sp³-hybridized carbons (Fsp3) is 0.409. The molecule has 0 aliphatic rings. The number of benzene rings is 2. The number of nitrogens with zero attached hydrogens (tertiary/aromatic N) is 1. The molecule has 2 N–H and O–H groups in total. The van der Waals surface area contributed by atoms with E-state index in [1.54, 1.807) is 21.3 Å². The first-order chi connectivity index (χ1) is 14.2. The Kier molecular flexibility index (Phi) is 12.9. The Morgan fingerprint density at radius 1 is 0.933 bits per heavy atom. The summed E-state index contributed by atoms with van der Waals surface area (Å²) in [6.45, 7) is 5.11. The summed E-state index contributed by atoms with van der Waals surface area (Å²) < 4.78 is 21.5. The van der Waals surface area contributed by atoms with Crippen molar-refractivity contribution in [1.29, 1.82) is 0 Å². The van der Waals surface area contributed by atoms with Gasteiger partial charge in [-0.15, -0.1) is 24.0 Å². The summed E-state index contributed by atoms with van der Waals surface area (Å²) in [4.78, 5) is 4.28. The number of rotatable bonds is 11. The summed E-state index contributed by atoms with van der Waals surface area (Å²) in [6.07, 6.45) is 0. The van der Waals surface area contributed by atoms with Crippen molar-refractivity contribution in [2.75, 3.05) is 46.4 Å². The summed E-state index contributed by atoms with van der Waals surface area (Å²) >= 11 is 0. The molecule has 2 rings (SSSR count). The molecule has 8 heteroatoms. The van der Waals surface area contributed by atoms with E-state index in [0.717, 1.165) is 16.8 Å². The number of guanidine groups is 1. The smallest absolute Gasteiger partial charge is 0.195 e. The van der Waals surface area contributed by atoms with Gasteiger partial charge < -0.3 is 29.6 Å². The highest BCUT2D eigenvalue weighted by molar-refractivity contribution is 14.0. The molecule has 0 heterocycles. The van der Waals surface area contributed by atoms with E-state index in [1.165, 1.54) is 0 Å². The van der Waals surface area contributed by atoms with Crippen LogP contribution in [0.25, 0.3) is 0 Å². The summed E-state index contributed by atoms with van der Waals surface area (Å²) in [6, 6.07) is 13.9. The highest BCUT2D eigenvalue weighted by Gasteiger charge is 2.06. The van der Waals surface area contributed by atoms with Crippen LogP contribution >= 0.6 is 24.0 Å². The third-order valence-electron chi connectivity index (χ3n) is 4.17. The molecule has 0 aliphatic carbocycles. The lowest BCUT2D eigenvalue weighted by molar-refractivity contribution is 0.0453. The Labute approximate surface area is 196 Å². The molecule has 166 valence electrons. The van der Waals surface area contributed by atoms with E-state index in [0.29, 0.717) is 50.4 Å². The lowest BCUT2D eigenvalue weighted by atomic mass is 10.1. The highest BCUT2D eigenvalue weighted by Crippen LogP contribution is 2.29. The van der Waals surface area contributed by atoms with Gasteiger partial charge in [-0.3, -0.25) is 4.99 Å². The van der Waals surface area contributed by atoms with Crippen LogP contribution in [-0.2, 0) is 22.6 Å². The van der Waals surface area contributed by atoms with Gasteiger partial charge in [0.1, 0.15) is 0 Å². The van der Waals surface area contributed by atoms with Crippen LogP contribution in [0.2, 0.25) is 0 Å². The standard InChI is InChI=1S/C22H31N3O4.HI/c1-5-28-11-12-29-16-18-8-6-7-17(13-18)15-24-22(23-2)25-19-9-10-20(26-3)21(14-19)27-4;/h6-10,13-14H,5,11-12,15-16H2,1-4H3,(H2,23,24,25);1H. The van der Waals surface area contributed by atoms with Crippen molar-refractivity contribution in [3.05, 3.63) is 53.6 Å². The number of ether oxygens (including phenoxy) is 4. The lowest BCUT2D eigenvalue weighted by Gasteiger charge is -2.14. The molecule has 0 fully saturated rings. The van der Waals surface area contributed by atoms with Crippen LogP contribution in [0.4, 0.5) is 5.69 Å². The molecule has 0 unspecified atom stereocenters. The van der Waals surface area contributed by atoms with Crippen LogP contribution in [0.15, 0.2) is 47.5 Å². The number of hydrogen-bond acceptors (Lipinski definition) is 5. The monoisotopic (exact) mass is 529 g/mol. The topological polar surface area (TPSA) is 73.3 Å². The first-order valence-corrected chi connectivity index (χ1v) is 9.63. The summed E-state index contributed by atoms with van der Waals surface area (Å²) in [5.74, 6) is 2.00. The van der Waals surface area contributed by atoms with E-state index >= 15 is 0 Å². The molecule has 2 aromatic carbocycles. The van der Waals surface area contributed by atoms with Gasteiger partial charge in [0.25, 0.3) is 0 Å². The minimum absolute atomic E-state index is 0. The molecule has 0 spiro atoms. The van der Waals surface area contributed by atoms with E-state index in [1.807, 2.05) is 31.2 Å². The van der Waals surface area contributed by atoms with Crippen molar-refractivity contribution in [3.8, 4) is 11.5 Å². The molecule has 2 aromatic rings. The van der Waals surface area contributed by atoms with E-state index in [4.69, 9.17) is 18.9 Å². The lowest BCUT2D eigenvalue weighted by Crippen LogP contribution is -2.30. The Morgan fingerprint density at radius 2 is 1.67 bits per heavy atom. The minimum atomic E-state index is 0. The summed E-state index contributed by atoms with van der Waals surface area (Å²) in [5, 5.41) is 6.58. The summed E-state index contributed by atoms with van der Waals surface area (Å²) in [5.41, 5.74) is 3.13. The highest BCUT2D eigenvalue weighted by atomic mass is 127. The van der Waals surface area contributed by atoms with Crippen molar-refractivity contribution >= 4 is 35.6 Å². The predicted octanol–water partition coefficient (Wildman–Crippen LogP) is 4.06. The van der Waals surface area contributed by atoms with E-state index < -0.39 is 0 Å². The molecule has 30 heavy (non-hydrogen) atoms. The molecule has 0 atom stereocenters. The number of nitrogens with one attached hydrogen (secondary N) is 2. The Bertz CT molecular complexity index is 787. The van der Waals surface area contributed by atoms with Crippen LogP contribution in [0.3, 0.4) is 0 Å². The van der Waals surface area contributed by atoms with Crippen LogP contribution in [-0.4, -0.2) is 47.0 Å². The second-order valence-corrected chi connectivity index (χ2v) is 6.19. The maximum atomic E-state index is 5.64. The molecular formula is C22H32IN3O4. The van der Waals surface area contributed by atoms with Gasteiger partial charge in [0.15, 0.2) is 17.5 Å². The molecular weight excluding hydrogens is 497 g/mol. The quantitative estimate of drug-likeness (QED) is 0.198. The van der Waals surface area contributed by atoms with Gasteiger partial charge in [-0.25, -0.2) is 0 Å². The predicted molar refractivity (Wildman–Crippen MR) is 131 cm³/mol. The van der Waals surface area contributed by atoms with Crippen molar-refractivity contribution < 1.29 is 18.9 Å². The van der Waals surface area contributed by atoms with Crippen molar-refractivity contribution in [3.63, 3.8) is 0 Å². The first-order valence-electron chi connectivity index (χ1n) is 9.63. The maximum absolute atomic E-state index is 5.64. The third kappa shape index (κ3) is 8.76. The minimum Gasteiger partial charge on any atom is -0.493 e. The Morgan fingerprint density at radius 3 is 2.37 bits per heavy atom. The molecule has 0 saturated carbocycles. The van der Waals surface area contributed by atoms with Crippen molar-refractivity contribution in [2.24, 2.45) is 4.99 Å². The van der Waals surface area contributed by atoms with Crippen molar-refractivity contribution in [2.45, 2.75) is 20.1 Å². The average Bonchev–Trinajstić information content (AvgIpc) is 2.76. The zero-order valence-electron chi connectivity index (χ0n) is 18.1. The zero-order chi connectivity index (χ0) is 20.9. The van der Waals surface area contributed by atoms with Crippen LogP contribution in [0.5, 0.6) is 11.5 Å². The van der Waals surface area contributed by atoms with Crippen molar-refractivity contribution in [1.82, 2.24) is 5.32 Å². The molecule has 0 aliphatic heterocycles. The van der Waals surface area contributed by atoms with Gasteiger partial charge in [-0.05, 0) is 30.2 Å². The van der Waals surface area contributed by atoms with Gasteiger partial charge in [-0.2, -0.15) is 0 Å². The number of hydrogen-bond donors (Lipinski definition) is 2. The van der Waals surface area contributed by atoms with Gasteiger partial charge >= 0.3 is 0 Å². The molecule has 0 saturated heterocycles. The Balaban J connectivity index is 0.00000450. The number of methoxy groups -OCH3 is 2. The van der Waals surface area contributed by atoms with Gasteiger partial charge in [0, 0.05) is 32.0 Å². The van der Waals surface area contributed by atoms with E-state index in [2.05, 4.69) is 33.8 Å². The fourth-order valence-corrected chi connectivity index (χ4v) is 2.70. The van der Waals surface area contributed by atoms with Crippen LogP contribution < -0.4 is 20.1 Å². The number of halogens is 1.